The fourth-order valence-corrected chi connectivity index (χ4v) is 1.42. The molecule has 0 heterocycles. The summed E-state index contributed by atoms with van der Waals surface area (Å²) >= 11 is 0. The van der Waals surface area contributed by atoms with Crippen LogP contribution in [0.4, 0.5) is 0 Å². The highest BCUT2D eigenvalue weighted by molar-refractivity contribution is 5.94. The van der Waals surface area contributed by atoms with E-state index in [1.54, 1.807) is 0 Å². The Bertz CT molecular complexity index is 370. The van der Waals surface area contributed by atoms with Gasteiger partial charge in [-0.2, -0.15) is 0 Å². The van der Waals surface area contributed by atoms with E-state index in [9.17, 15) is 4.79 Å². The third-order valence-electron chi connectivity index (χ3n) is 2.93. The van der Waals surface area contributed by atoms with Crippen molar-refractivity contribution >= 4 is 5.91 Å². The van der Waals surface area contributed by atoms with Gasteiger partial charge in [0.15, 0.2) is 0 Å². The number of amides is 1. The predicted octanol–water partition coefficient (Wildman–Crippen LogP) is 1.85. The number of carbonyl (C=O) groups excluding carboxylic acids is 1. The SMILES string of the molecule is CCC(C)(CN)NC(=O)c1cccc(C)c1. The van der Waals surface area contributed by atoms with Gasteiger partial charge in [-0.05, 0) is 32.4 Å². The molecule has 0 spiro atoms. The molecule has 0 aliphatic heterocycles. The van der Waals surface area contributed by atoms with Crippen LogP contribution < -0.4 is 11.1 Å². The van der Waals surface area contributed by atoms with Crippen LogP contribution in [0, 0.1) is 6.92 Å². The molecular formula is C13H20N2O. The molecule has 0 aliphatic carbocycles. The molecule has 3 nitrogen and oxygen atoms in total. The van der Waals surface area contributed by atoms with Crippen LogP contribution in [0.5, 0.6) is 0 Å². The molecule has 0 saturated carbocycles. The van der Waals surface area contributed by atoms with Gasteiger partial charge >= 0.3 is 0 Å². The van der Waals surface area contributed by atoms with Gasteiger partial charge in [0.1, 0.15) is 0 Å². The molecule has 1 amide bonds. The molecule has 88 valence electrons. The van der Waals surface area contributed by atoms with E-state index >= 15 is 0 Å². The molecule has 3 N–H and O–H groups in total. The zero-order valence-corrected chi connectivity index (χ0v) is 10.2. The minimum atomic E-state index is -0.319. The van der Waals surface area contributed by atoms with Crippen molar-refractivity contribution in [3.63, 3.8) is 0 Å². The van der Waals surface area contributed by atoms with Crippen molar-refractivity contribution in [1.29, 1.82) is 0 Å². The third-order valence-corrected chi connectivity index (χ3v) is 2.93. The molecule has 1 atom stereocenters. The Hall–Kier alpha value is -1.35. The summed E-state index contributed by atoms with van der Waals surface area (Å²) in [6, 6.07) is 7.55. The number of nitrogens with two attached hydrogens (primary N) is 1. The lowest BCUT2D eigenvalue weighted by Crippen LogP contribution is -2.50. The van der Waals surface area contributed by atoms with Crippen LogP contribution in [0.3, 0.4) is 0 Å². The first-order valence-electron chi connectivity index (χ1n) is 5.60. The van der Waals surface area contributed by atoms with Crippen LogP contribution in [0.2, 0.25) is 0 Å². The average Bonchev–Trinajstić information content (AvgIpc) is 2.29. The Morgan fingerprint density at radius 2 is 2.19 bits per heavy atom. The average molecular weight is 220 g/mol. The molecule has 0 bridgehead atoms. The summed E-state index contributed by atoms with van der Waals surface area (Å²) in [5.74, 6) is -0.0569. The van der Waals surface area contributed by atoms with Crippen LogP contribution in [-0.4, -0.2) is 18.0 Å². The summed E-state index contributed by atoms with van der Waals surface area (Å²) in [6.45, 7) is 6.39. The van der Waals surface area contributed by atoms with Crippen molar-refractivity contribution in [1.82, 2.24) is 5.32 Å². The number of hydrogen-bond donors (Lipinski definition) is 2. The molecule has 16 heavy (non-hydrogen) atoms. The maximum absolute atomic E-state index is 12.0. The second kappa shape index (κ2) is 5.12. The summed E-state index contributed by atoms with van der Waals surface area (Å²) in [5, 5.41) is 2.97. The molecule has 1 unspecified atom stereocenters. The lowest BCUT2D eigenvalue weighted by atomic mass is 9.98. The maximum atomic E-state index is 12.0. The Morgan fingerprint density at radius 1 is 1.50 bits per heavy atom. The second-order valence-electron chi connectivity index (χ2n) is 4.44. The van der Waals surface area contributed by atoms with Gasteiger partial charge in [-0.1, -0.05) is 24.6 Å². The van der Waals surface area contributed by atoms with Crippen LogP contribution >= 0.6 is 0 Å². The monoisotopic (exact) mass is 220 g/mol. The van der Waals surface area contributed by atoms with E-state index in [0.717, 1.165) is 12.0 Å². The van der Waals surface area contributed by atoms with Gasteiger partial charge in [-0.25, -0.2) is 0 Å². The van der Waals surface area contributed by atoms with Crippen molar-refractivity contribution < 1.29 is 4.79 Å². The van der Waals surface area contributed by atoms with Gasteiger partial charge in [-0.15, -0.1) is 0 Å². The summed E-state index contributed by atoms with van der Waals surface area (Å²) in [6.07, 6.45) is 0.820. The van der Waals surface area contributed by atoms with Gasteiger partial charge in [0.05, 0.1) is 0 Å². The van der Waals surface area contributed by atoms with Crippen molar-refractivity contribution in [2.45, 2.75) is 32.7 Å². The highest BCUT2D eigenvalue weighted by Gasteiger charge is 2.22. The second-order valence-corrected chi connectivity index (χ2v) is 4.44. The molecule has 0 radical (unpaired) electrons. The van der Waals surface area contributed by atoms with E-state index in [4.69, 9.17) is 5.73 Å². The number of rotatable bonds is 4. The molecule has 0 fully saturated rings. The van der Waals surface area contributed by atoms with Gasteiger partial charge in [0, 0.05) is 17.6 Å². The number of benzene rings is 1. The molecular weight excluding hydrogens is 200 g/mol. The normalized spacial score (nSPS) is 14.2. The minimum Gasteiger partial charge on any atom is -0.346 e. The first kappa shape index (κ1) is 12.7. The number of carbonyl (C=O) groups is 1. The Morgan fingerprint density at radius 3 is 2.69 bits per heavy atom. The quantitative estimate of drug-likeness (QED) is 0.813. The minimum absolute atomic E-state index is 0.0569. The summed E-state index contributed by atoms with van der Waals surface area (Å²) in [7, 11) is 0. The van der Waals surface area contributed by atoms with Crippen molar-refractivity contribution in [3.05, 3.63) is 35.4 Å². The fourth-order valence-electron chi connectivity index (χ4n) is 1.42. The summed E-state index contributed by atoms with van der Waals surface area (Å²) in [5.41, 5.74) is 7.11. The van der Waals surface area contributed by atoms with E-state index in [2.05, 4.69) is 5.32 Å². The topological polar surface area (TPSA) is 55.1 Å². The zero-order valence-electron chi connectivity index (χ0n) is 10.2. The molecule has 0 aromatic heterocycles. The Labute approximate surface area is 97.0 Å². The molecule has 1 aromatic carbocycles. The van der Waals surface area contributed by atoms with Crippen molar-refractivity contribution in [2.24, 2.45) is 5.73 Å². The largest absolute Gasteiger partial charge is 0.346 e. The molecule has 0 aliphatic rings. The highest BCUT2D eigenvalue weighted by Crippen LogP contribution is 2.10. The smallest absolute Gasteiger partial charge is 0.251 e. The molecule has 3 heteroatoms. The van der Waals surface area contributed by atoms with Gasteiger partial charge in [0.2, 0.25) is 0 Å². The number of aryl methyl sites for hydroxylation is 1. The van der Waals surface area contributed by atoms with Crippen molar-refractivity contribution in [2.75, 3.05) is 6.54 Å². The Kier molecular flexibility index (Phi) is 4.07. The number of nitrogens with one attached hydrogen (secondary N) is 1. The molecule has 1 aromatic rings. The highest BCUT2D eigenvalue weighted by atomic mass is 16.1. The third kappa shape index (κ3) is 3.07. The first-order valence-corrected chi connectivity index (χ1v) is 5.60. The van der Waals surface area contributed by atoms with Crippen LogP contribution in [0.1, 0.15) is 36.2 Å². The van der Waals surface area contributed by atoms with E-state index < -0.39 is 0 Å². The standard InChI is InChI=1S/C13H20N2O/c1-4-13(3,9-14)15-12(16)11-7-5-6-10(2)8-11/h5-8H,4,9,14H2,1-3H3,(H,15,16). The molecule has 0 saturated heterocycles. The van der Waals surface area contributed by atoms with E-state index in [-0.39, 0.29) is 11.4 Å². The van der Waals surface area contributed by atoms with Gasteiger partial charge in [0.25, 0.3) is 5.91 Å². The van der Waals surface area contributed by atoms with E-state index in [1.807, 2.05) is 45.0 Å². The first-order chi connectivity index (χ1) is 7.50. The Balaban J connectivity index is 2.80. The summed E-state index contributed by atoms with van der Waals surface area (Å²) in [4.78, 5) is 12.0. The number of hydrogen-bond acceptors (Lipinski definition) is 2. The fraction of sp³-hybridized carbons (Fsp3) is 0.462. The van der Waals surface area contributed by atoms with E-state index in [0.29, 0.717) is 12.1 Å². The van der Waals surface area contributed by atoms with Crippen molar-refractivity contribution in [3.8, 4) is 0 Å². The van der Waals surface area contributed by atoms with Gasteiger partial charge < -0.3 is 11.1 Å². The zero-order chi connectivity index (χ0) is 12.2. The summed E-state index contributed by atoms with van der Waals surface area (Å²) < 4.78 is 0. The lowest BCUT2D eigenvalue weighted by Gasteiger charge is -2.27. The molecule has 1 rings (SSSR count). The van der Waals surface area contributed by atoms with Gasteiger partial charge in [-0.3, -0.25) is 4.79 Å². The predicted molar refractivity (Wildman–Crippen MR) is 66.4 cm³/mol. The van der Waals surface area contributed by atoms with Crippen LogP contribution in [0.15, 0.2) is 24.3 Å². The van der Waals surface area contributed by atoms with E-state index in [1.165, 1.54) is 0 Å². The van der Waals surface area contributed by atoms with Crippen LogP contribution in [-0.2, 0) is 0 Å². The lowest BCUT2D eigenvalue weighted by molar-refractivity contribution is 0.0906. The maximum Gasteiger partial charge on any atom is 0.251 e. The van der Waals surface area contributed by atoms with Crippen LogP contribution in [0.25, 0.3) is 0 Å².